The quantitative estimate of drug-likeness (QED) is 0.677. The smallest absolute Gasteiger partial charge is 0.153 e. The molecule has 0 radical (unpaired) electrons. The van der Waals surface area contributed by atoms with Crippen LogP contribution in [0.4, 0.5) is 4.39 Å². The lowest BCUT2D eigenvalue weighted by atomic mass is 10.2. The lowest BCUT2D eigenvalue weighted by Crippen LogP contribution is -2.00. The Kier molecular flexibility index (Phi) is 5.02. The van der Waals surface area contributed by atoms with E-state index in [0.29, 0.717) is 15.8 Å². The Morgan fingerprint density at radius 2 is 2.00 bits per heavy atom. The van der Waals surface area contributed by atoms with Crippen LogP contribution >= 0.6 is 39.1 Å². The van der Waals surface area contributed by atoms with Crippen LogP contribution in [0.2, 0.25) is 10.0 Å². The molecule has 0 aliphatic heterocycles. The van der Waals surface area contributed by atoms with E-state index in [9.17, 15) is 9.18 Å². The minimum atomic E-state index is -0.348. The number of rotatable bonds is 4. The fourth-order valence-electron chi connectivity index (χ4n) is 1.61. The van der Waals surface area contributed by atoms with Gasteiger partial charge in [-0.2, -0.15) is 0 Å². The molecule has 104 valence electrons. The Morgan fingerprint density at radius 1 is 1.25 bits per heavy atom. The van der Waals surface area contributed by atoms with E-state index in [1.165, 1.54) is 24.3 Å². The first kappa shape index (κ1) is 15.3. The van der Waals surface area contributed by atoms with Crippen LogP contribution in [0.25, 0.3) is 0 Å². The van der Waals surface area contributed by atoms with Gasteiger partial charge in [0.2, 0.25) is 0 Å². The summed E-state index contributed by atoms with van der Waals surface area (Å²) in [5.41, 5.74) is 0.995. The Labute approximate surface area is 133 Å². The average molecular weight is 378 g/mol. The minimum Gasteiger partial charge on any atom is -0.487 e. The summed E-state index contributed by atoms with van der Waals surface area (Å²) in [7, 11) is 0. The van der Waals surface area contributed by atoms with Gasteiger partial charge in [0.05, 0.1) is 10.6 Å². The molecule has 0 fully saturated rings. The molecule has 0 saturated heterocycles. The maximum Gasteiger partial charge on any atom is 0.153 e. The third-order valence-corrected chi connectivity index (χ3v) is 3.79. The van der Waals surface area contributed by atoms with Crippen molar-refractivity contribution in [3.05, 3.63) is 61.8 Å². The number of ether oxygens (including phenoxy) is 1. The third kappa shape index (κ3) is 3.51. The van der Waals surface area contributed by atoms with Crippen LogP contribution in [0, 0.1) is 5.82 Å². The first-order chi connectivity index (χ1) is 9.51. The van der Waals surface area contributed by atoms with Crippen LogP contribution in [0.15, 0.2) is 34.8 Å². The molecule has 0 aliphatic carbocycles. The standard InChI is InChI=1S/C14H8BrCl2FO2/c15-12-5-11(18)2-1-8(12)7-20-14-9(6-19)3-10(16)4-13(14)17/h1-6H,7H2. The van der Waals surface area contributed by atoms with E-state index in [-0.39, 0.29) is 28.8 Å². The highest BCUT2D eigenvalue weighted by atomic mass is 79.9. The van der Waals surface area contributed by atoms with E-state index < -0.39 is 0 Å². The van der Waals surface area contributed by atoms with E-state index in [0.717, 1.165) is 5.56 Å². The summed E-state index contributed by atoms with van der Waals surface area (Å²) < 4.78 is 19.1. The molecule has 0 atom stereocenters. The van der Waals surface area contributed by atoms with E-state index in [2.05, 4.69) is 15.9 Å². The molecule has 0 bridgehead atoms. The molecule has 0 N–H and O–H groups in total. The monoisotopic (exact) mass is 376 g/mol. The van der Waals surface area contributed by atoms with Crippen molar-refractivity contribution in [1.82, 2.24) is 0 Å². The summed E-state index contributed by atoms with van der Waals surface area (Å²) >= 11 is 15.1. The Morgan fingerprint density at radius 3 is 2.65 bits per heavy atom. The number of hydrogen-bond donors (Lipinski definition) is 0. The van der Waals surface area contributed by atoms with Crippen LogP contribution in [0.3, 0.4) is 0 Å². The molecule has 0 saturated carbocycles. The van der Waals surface area contributed by atoms with Gasteiger partial charge in [-0.1, -0.05) is 45.2 Å². The van der Waals surface area contributed by atoms with Crippen LogP contribution < -0.4 is 4.74 Å². The molecule has 0 aliphatic rings. The van der Waals surface area contributed by atoms with Crippen molar-refractivity contribution in [2.45, 2.75) is 6.61 Å². The zero-order valence-corrected chi connectivity index (χ0v) is 13.1. The van der Waals surface area contributed by atoms with Crippen LogP contribution in [0.1, 0.15) is 15.9 Å². The summed E-state index contributed by atoms with van der Waals surface area (Å²) in [5, 5.41) is 0.602. The van der Waals surface area contributed by atoms with Crippen molar-refractivity contribution < 1.29 is 13.9 Å². The maximum absolute atomic E-state index is 13.0. The molecule has 0 aromatic heterocycles. The first-order valence-electron chi connectivity index (χ1n) is 5.52. The average Bonchev–Trinajstić information content (AvgIpc) is 2.38. The van der Waals surface area contributed by atoms with Gasteiger partial charge in [0.1, 0.15) is 18.2 Å². The zero-order valence-electron chi connectivity index (χ0n) is 10.00. The van der Waals surface area contributed by atoms with Crippen molar-refractivity contribution in [3.63, 3.8) is 0 Å². The Hall–Kier alpha value is -1.10. The molecule has 0 unspecified atom stereocenters. The van der Waals surface area contributed by atoms with Gasteiger partial charge < -0.3 is 4.74 Å². The van der Waals surface area contributed by atoms with Gasteiger partial charge in [-0.05, 0) is 24.3 Å². The summed E-state index contributed by atoms with van der Waals surface area (Å²) in [6, 6.07) is 7.21. The lowest BCUT2D eigenvalue weighted by Gasteiger charge is -2.12. The molecule has 2 aromatic rings. The first-order valence-corrected chi connectivity index (χ1v) is 7.07. The minimum absolute atomic E-state index is 0.142. The zero-order chi connectivity index (χ0) is 14.7. The normalized spacial score (nSPS) is 10.4. The van der Waals surface area contributed by atoms with Crippen molar-refractivity contribution in [2.75, 3.05) is 0 Å². The van der Waals surface area contributed by atoms with Gasteiger partial charge >= 0.3 is 0 Å². The highest BCUT2D eigenvalue weighted by molar-refractivity contribution is 9.10. The van der Waals surface area contributed by atoms with Gasteiger partial charge in [0.25, 0.3) is 0 Å². The molecular weight excluding hydrogens is 370 g/mol. The molecule has 0 spiro atoms. The molecule has 2 rings (SSSR count). The molecule has 6 heteroatoms. The van der Waals surface area contributed by atoms with Crippen molar-refractivity contribution in [2.24, 2.45) is 0 Å². The number of carbonyl (C=O) groups excluding carboxylic acids is 1. The second kappa shape index (κ2) is 6.57. The molecule has 0 heterocycles. The fraction of sp³-hybridized carbons (Fsp3) is 0.0714. The Bertz CT molecular complexity index is 662. The van der Waals surface area contributed by atoms with Crippen LogP contribution in [0.5, 0.6) is 5.75 Å². The summed E-state index contributed by atoms with van der Waals surface area (Å²) in [5.74, 6) is -0.0963. The number of carbonyl (C=O) groups is 1. The number of hydrogen-bond acceptors (Lipinski definition) is 2. The summed E-state index contributed by atoms with van der Waals surface area (Å²) in [6.07, 6.45) is 0.618. The molecule has 0 amide bonds. The van der Waals surface area contributed by atoms with Gasteiger partial charge in [-0.3, -0.25) is 4.79 Å². The van der Waals surface area contributed by atoms with E-state index in [1.807, 2.05) is 0 Å². The summed E-state index contributed by atoms with van der Waals surface area (Å²) in [4.78, 5) is 11.0. The maximum atomic E-state index is 13.0. The second-order valence-corrected chi connectivity index (χ2v) is 5.65. The van der Waals surface area contributed by atoms with E-state index in [1.54, 1.807) is 6.07 Å². The molecule has 2 aromatic carbocycles. The molecule has 2 nitrogen and oxygen atoms in total. The molecule has 20 heavy (non-hydrogen) atoms. The fourth-order valence-corrected chi connectivity index (χ4v) is 2.64. The predicted octanol–water partition coefficient (Wildman–Crippen LogP) is 5.29. The Balaban J connectivity index is 2.25. The largest absolute Gasteiger partial charge is 0.487 e. The predicted molar refractivity (Wildman–Crippen MR) is 80.3 cm³/mol. The van der Waals surface area contributed by atoms with Gasteiger partial charge in [0, 0.05) is 15.1 Å². The lowest BCUT2D eigenvalue weighted by molar-refractivity contribution is 0.111. The van der Waals surface area contributed by atoms with Gasteiger partial charge in [-0.15, -0.1) is 0 Å². The number of halogens is 4. The highest BCUT2D eigenvalue weighted by Crippen LogP contribution is 2.32. The van der Waals surface area contributed by atoms with Gasteiger partial charge in [0.15, 0.2) is 6.29 Å². The van der Waals surface area contributed by atoms with Crippen molar-refractivity contribution in [1.29, 1.82) is 0 Å². The SMILES string of the molecule is O=Cc1cc(Cl)cc(Cl)c1OCc1ccc(F)cc1Br. The van der Waals surface area contributed by atoms with Crippen LogP contribution in [-0.4, -0.2) is 6.29 Å². The number of aldehydes is 1. The van der Waals surface area contributed by atoms with Crippen LogP contribution in [-0.2, 0) is 6.61 Å². The number of benzene rings is 2. The van der Waals surface area contributed by atoms with Crippen molar-refractivity contribution >= 4 is 45.4 Å². The van der Waals surface area contributed by atoms with Crippen molar-refractivity contribution in [3.8, 4) is 5.75 Å². The summed E-state index contributed by atoms with van der Waals surface area (Å²) in [6.45, 7) is 0.142. The molecular formula is C14H8BrCl2FO2. The highest BCUT2D eigenvalue weighted by Gasteiger charge is 2.11. The third-order valence-electron chi connectivity index (χ3n) is 2.55. The van der Waals surface area contributed by atoms with Gasteiger partial charge in [-0.25, -0.2) is 4.39 Å². The van der Waals surface area contributed by atoms with E-state index >= 15 is 0 Å². The topological polar surface area (TPSA) is 26.3 Å². The van der Waals surface area contributed by atoms with E-state index in [4.69, 9.17) is 27.9 Å². The second-order valence-electron chi connectivity index (χ2n) is 3.95.